The standard InChI is InChI=1S/C18H25N5O3/c1-12-20-15(18(24)19-8-9-23(2)3)11-17(21-12)22-14-10-13(25-4)6-7-16(14)26-5/h6-7,10-11H,8-9H2,1-5H3,(H,19,24)(H,20,21,22). The summed E-state index contributed by atoms with van der Waals surface area (Å²) in [6, 6.07) is 7.01. The average molecular weight is 359 g/mol. The fraction of sp³-hybridized carbons (Fsp3) is 0.389. The maximum Gasteiger partial charge on any atom is 0.270 e. The van der Waals surface area contributed by atoms with Crippen LogP contribution in [0.3, 0.4) is 0 Å². The van der Waals surface area contributed by atoms with Gasteiger partial charge in [-0.2, -0.15) is 0 Å². The second-order valence-electron chi connectivity index (χ2n) is 5.94. The van der Waals surface area contributed by atoms with Crippen molar-refractivity contribution in [3.05, 3.63) is 35.8 Å². The van der Waals surface area contributed by atoms with Crippen LogP contribution in [0.2, 0.25) is 0 Å². The number of methoxy groups -OCH3 is 2. The summed E-state index contributed by atoms with van der Waals surface area (Å²) in [7, 11) is 7.08. The van der Waals surface area contributed by atoms with Gasteiger partial charge < -0.3 is 25.0 Å². The number of aryl methyl sites for hydroxylation is 1. The number of rotatable bonds is 8. The third-order valence-electron chi connectivity index (χ3n) is 3.58. The highest BCUT2D eigenvalue weighted by Gasteiger charge is 2.12. The molecule has 1 amide bonds. The lowest BCUT2D eigenvalue weighted by Gasteiger charge is -2.13. The Labute approximate surface area is 153 Å². The third-order valence-corrected chi connectivity index (χ3v) is 3.58. The van der Waals surface area contributed by atoms with E-state index in [0.29, 0.717) is 41.1 Å². The minimum Gasteiger partial charge on any atom is -0.497 e. The summed E-state index contributed by atoms with van der Waals surface area (Å²) in [6.45, 7) is 3.04. The van der Waals surface area contributed by atoms with E-state index in [4.69, 9.17) is 9.47 Å². The summed E-state index contributed by atoms with van der Waals surface area (Å²) in [5.74, 6) is 2.08. The van der Waals surface area contributed by atoms with Gasteiger partial charge in [0.15, 0.2) is 0 Å². The molecule has 0 aliphatic heterocycles. The minimum absolute atomic E-state index is 0.238. The molecule has 8 nitrogen and oxygen atoms in total. The Morgan fingerprint density at radius 2 is 1.92 bits per heavy atom. The van der Waals surface area contributed by atoms with Gasteiger partial charge in [-0.3, -0.25) is 4.79 Å². The van der Waals surface area contributed by atoms with Gasteiger partial charge in [-0.15, -0.1) is 0 Å². The van der Waals surface area contributed by atoms with Crippen molar-refractivity contribution in [3.8, 4) is 11.5 Å². The molecular formula is C18H25N5O3. The smallest absolute Gasteiger partial charge is 0.270 e. The number of nitrogens with one attached hydrogen (secondary N) is 2. The quantitative estimate of drug-likeness (QED) is 0.743. The second kappa shape index (κ2) is 9.00. The van der Waals surface area contributed by atoms with Crippen molar-refractivity contribution in [2.75, 3.05) is 46.7 Å². The molecule has 0 saturated carbocycles. The number of anilines is 2. The summed E-state index contributed by atoms with van der Waals surface area (Å²) in [6.07, 6.45) is 0. The monoisotopic (exact) mass is 359 g/mol. The summed E-state index contributed by atoms with van der Waals surface area (Å²) < 4.78 is 10.6. The fourth-order valence-corrected chi connectivity index (χ4v) is 2.28. The van der Waals surface area contributed by atoms with Crippen molar-refractivity contribution < 1.29 is 14.3 Å². The lowest BCUT2D eigenvalue weighted by atomic mass is 10.2. The topological polar surface area (TPSA) is 88.6 Å². The van der Waals surface area contributed by atoms with Gasteiger partial charge in [0.1, 0.15) is 28.8 Å². The van der Waals surface area contributed by atoms with Crippen LogP contribution in [0.5, 0.6) is 11.5 Å². The molecule has 0 atom stereocenters. The molecule has 1 heterocycles. The van der Waals surface area contributed by atoms with Crippen LogP contribution in [0.4, 0.5) is 11.5 Å². The first-order valence-corrected chi connectivity index (χ1v) is 8.20. The van der Waals surface area contributed by atoms with Crippen molar-refractivity contribution in [2.24, 2.45) is 0 Å². The molecule has 140 valence electrons. The molecule has 1 aromatic carbocycles. The van der Waals surface area contributed by atoms with Crippen LogP contribution in [0.25, 0.3) is 0 Å². The van der Waals surface area contributed by atoms with E-state index >= 15 is 0 Å². The van der Waals surface area contributed by atoms with Crippen molar-refractivity contribution in [2.45, 2.75) is 6.92 Å². The van der Waals surface area contributed by atoms with Crippen molar-refractivity contribution in [1.29, 1.82) is 0 Å². The predicted octanol–water partition coefficient (Wildman–Crippen LogP) is 1.84. The summed E-state index contributed by atoms with van der Waals surface area (Å²) >= 11 is 0. The van der Waals surface area contributed by atoms with Crippen LogP contribution in [-0.2, 0) is 0 Å². The second-order valence-corrected chi connectivity index (χ2v) is 5.94. The first-order valence-electron chi connectivity index (χ1n) is 8.20. The maximum absolute atomic E-state index is 12.3. The van der Waals surface area contributed by atoms with Crippen LogP contribution in [-0.4, -0.2) is 62.2 Å². The van der Waals surface area contributed by atoms with Gasteiger partial charge in [-0.05, 0) is 33.2 Å². The molecule has 0 radical (unpaired) electrons. The molecule has 0 fully saturated rings. The van der Waals surface area contributed by atoms with E-state index in [9.17, 15) is 4.79 Å². The van der Waals surface area contributed by atoms with Crippen LogP contribution < -0.4 is 20.1 Å². The van der Waals surface area contributed by atoms with E-state index in [1.165, 1.54) is 0 Å². The van der Waals surface area contributed by atoms with E-state index in [1.807, 2.05) is 19.0 Å². The zero-order valence-corrected chi connectivity index (χ0v) is 15.8. The van der Waals surface area contributed by atoms with E-state index in [2.05, 4.69) is 20.6 Å². The molecule has 2 aromatic rings. The maximum atomic E-state index is 12.3. The van der Waals surface area contributed by atoms with Gasteiger partial charge in [-0.25, -0.2) is 9.97 Å². The zero-order valence-electron chi connectivity index (χ0n) is 15.8. The number of likely N-dealkylation sites (N-methyl/N-ethyl adjacent to an activating group) is 1. The number of hydrogen-bond donors (Lipinski definition) is 2. The first-order chi connectivity index (χ1) is 12.4. The van der Waals surface area contributed by atoms with E-state index in [-0.39, 0.29) is 5.91 Å². The Morgan fingerprint density at radius 1 is 1.15 bits per heavy atom. The van der Waals surface area contributed by atoms with Gasteiger partial charge in [0.05, 0.1) is 19.9 Å². The summed E-state index contributed by atoms with van der Waals surface area (Å²) in [5.41, 5.74) is 0.990. The van der Waals surface area contributed by atoms with Gasteiger partial charge in [0.2, 0.25) is 0 Å². The van der Waals surface area contributed by atoms with Crippen molar-refractivity contribution in [1.82, 2.24) is 20.2 Å². The molecule has 0 bridgehead atoms. The minimum atomic E-state index is -0.238. The Hall–Kier alpha value is -2.87. The molecular weight excluding hydrogens is 334 g/mol. The number of nitrogens with zero attached hydrogens (tertiary/aromatic N) is 3. The molecule has 2 rings (SSSR count). The molecule has 1 aromatic heterocycles. The zero-order chi connectivity index (χ0) is 19.1. The highest BCUT2D eigenvalue weighted by Crippen LogP contribution is 2.31. The molecule has 0 unspecified atom stereocenters. The SMILES string of the molecule is COc1ccc(OC)c(Nc2cc(C(=O)NCCN(C)C)nc(C)n2)c1. The van der Waals surface area contributed by atoms with Gasteiger partial charge >= 0.3 is 0 Å². The Balaban J connectivity index is 2.20. The van der Waals surface area contributed by atoms with Gasteiger partial charge in [0.25, 0.3) is 5.91 Å². The number of amides is 1. The normalized spacial score (nSPS) is 10.5. The molecule has 26 heavy (non-hydrogen) atoms. The van der Waals surface area contributed by atoms with E-state index in [1.54, 1.807) is 45.4 Å². The lowest BCUT2D eigenvalue weighted by Crippen LogP contribution is -2.32. The van der Waals surface area contributed by atoms with Crippen LogP contribution >= 0.6 is 0 Å². The Kier molecular flexibility index (Phi) is 6.74. The molecule has 0 saturated heterocycles. The highest BCUT2D eigenvalue weighted by molar-refractivity contribution is 5.93. The summed E-state index contributed by atoms with van der Waals surface area (Å²) in [5, 5.41) is 6.01. The number of aromatic nitrogens is 2. The number of carbonyl (C=O) groups is 1. The predicted molar refractivity (Wildman–Crippen MR) is 100 cm³/mol. The van der Waals surface area contributed by atoms with Crippen molar-refractivity contribution in [3.63, 3.8) is 0 Å². The fourth-order valence-electron chi connectivity index (χ4n) is 2.28. The van der Waals surface area contributed by atoms with Crippen LogP contribution in [0.1, 0.15) is 16.3 Å². The highest BCUT2D eigenvalue weighted by atomic mass is 16.5. The molecule has 0 aliphatic rings. The van der Waals surface area contributed by atoms with Crippen molar-refractivity contribution >= 4 is 17.4 Å². The average Bonchev–Trinajstić information content (AvgIpc) is 2.60. The Bertz CT molecular complexity index is 764. The lowest BCUT2D eigenvalue weighted by molar-refractivity contribution is 0.0945. The largest absolute Gasteiger partial charge is 0.497 e. The molecule has 8 heteroatoms. The van der Waals surface area contributed by atoms with E-state index in [0.717, 1.165) is 6.54 Å². The molecule has 2 N–H and O–H groups in total. The number of carbonyl (C=O) groups excluding carboxylic acids is 1. The summed E-state index contributed by atoms with van der Waals surface area (Å²) in [4.78, 5) is 22.9. The first kappa shape index (κ1) is 19.5. The van der Waals surface area contributed by atoms with Crippen LogP contribution in [0, 0.1) is 6.92 Å². The Morgan fingerprint density at radius 3 is 2.58 bits per heavy atom. The number of benzene rings is 1. The molecule has 0 spiro atoms. The van der Waals surface area contributed by atoms with Gasteiger partial charge in [0, 0.05) is 25.2 Å². The number of ether oxygens (including phenoxy) is 2. The number of hydrogen-bond acceptors (Lipinski definition) is 7. The van der Waals surface area contributed by atoms with Gasteiger partial charge in [-0.1, -0.05) is 0 Å². The van der Waals surface area contributed by atoms with E-state index < -0.39 is 0 Å². The molecule has 0 aliphatic carbocycles. The van der Waals surface area contributed by atoms with Crippen LogP contribution in [0.15, 0.2) is 24.3 Å². The third kappa shape index (κ3) is 5.32.